The molecule has 4 rings (SSSR count). The zero-order valence-electron chi connectivity index (χ0n) is 22.2. The molecule has 2 aromatic carbocycles. The quantitative estimate of drug-likeness (QED) is 0.344. The predicted molar refractivity (Wildman–Crippen MR) is 156 cm³/mol. The van der Waals surface area contributed by atoms with Gasteiger partial charge in [-0.3, -0.25) is 19.4 Å². The molecule has 1 aliphatic rings. The second-order valence-corrected chi connectivity index (χ2v) is 11.4. The zero-order chi connectivity index (χ0) is 28.9. The van der Waals surface area contributed by atoms with Crippen LogP contribution >= 0.6 is 35.0 Å². The maximum absolute atomic E-state index is 13.1. The summed E-state index contributed by atoms with van der Waals surface area (Å²) in [6.07, 6.45) is 0.578. The van der Waals surface area contributed by atoms with Crippen molar-refractivity contribution in [3.8, 4) is 0 Å². The first-order valence-corrected chi connectivity index (χ1v) is 14.5. The van der Waals surface area contributed by atoms with Crippen molar-refractivity contribution >= 4 is 57.6 Å². The summed E-state index contributed by atoms with van der Waals surface area (Å²) in [5.74, 6) is -0.256. The van der Waals surface area contributed by atoms with Crippen LogP contribution in [0.1, 0.15) is 44.1 Å². The van der Waals surface area contributed by atoms with Gasteiger partial charge in [0.05, 0.1) is 11.1 Å². The van der Waals surface area contributed by atoms with Crippen LogP contribution in [-0.2, 0) is 27.3 Å². The van der Waals surface area contributed by atoms with E-state index < -0.39 is 23.5 Å². The van der Waals surface area contributed by atoms with Gasteiger partial charge in [-0.15, -0.1) is 16.9 Å². The summed E-state index contributed by atoms with van der Waals surface area (Å²) < 4.78 is 1.36. The van der Waals surface area contributed by atoms with Crippen molar-refractivity contribution in [1.82, 2.24) is 30.8 Å². The molecule has 1 aliphatic heterocycles. The van der Waals surface area contributed by atoms with E-state index >= 15 is 0 Å². The zero-order valence-corrected chi connectivity index (χ0v) is 24.6. The average Bonchev–Trinajstić information content (AvgIpc) is 3.56. The smallest absolute Gasteiger partial charge is 0.249 e. The van der Waals surface area contributed by atoms with Crippen LogP contribution in [0.2, 0.25) is 10.0 Å². The van der Waals surface area contributed by atoms with Crippen LogP contribution < -0.4 is 10.6 Å². The van der Waals surface area contributed by atoms with Gasteiger partial charge in [0.15, 0.2) is 11.6 Å². The molecule has 210 valence electrons. The number of Topliss-reactive ketones (excluding diaryl/α,β-unsaturated/α-hetero) is 1. The highest BCUT2D eigenvalue weighted by Crippen LogP contribution is 2.31. The van der Waals surface area contributed by atoms with E-state index in [1.54, 1.807) is 39.0 Å². The van der Waals surface area contributed by atoms with Crippen molar-refractivity contribution in [2.45, 2.75) is 57.8 Å². The molecule has 40 heavy (non-hydrogen) atoms. The van der Waals surface area contributed by atoms with E-state index in [1.807, 2.05) is 30.3 Å². The number of halogens is 2. The van der Waals surface area contributed by atoms with Crippen molar-refractivity contribution < 1.29 is 14.4 Å². The van der Waals surface area contributed by atoms with Crippen LogP contribution in [-0.4, -0.2) is 66.2 Å². The first kappa shape index (κ1) is 29.7. The average molecular weight is 603 g/mol. The van der Waals surface area contributed by atoms with Crippen LogP contribution in [0.3, 0.4) is 0 Å². The Balaban J connectivity index is 1.35. The Morgan fingerprint density at radius 3 is 2.45 bits per heavy atom. The Hall–Kier alpha value is -3.28. The summed E-state index contributed by atoms with van der Waals surface area (Å²) in [4.78, 5) is 43.8. The number of amides is 2. The molecule has 0 bridgehead atoms. The Morgan fingerprint density at radius 1 is 1.07 bits per heavy atom. The van der Waals surface area contributed by atoms with Gasteiger partial charge in [0.2, 0.25) is 11.8 Å². The molecule has 2 N–H and O–H groups in total. The molecule has 0 radical (unpaired) electrons. The molecule has 0 spiro atoms. The largest absolute Gasteiger partial charge is 0.344 e. The van der Waals surface area contributed by atoms with Crippen LogP contribution in [0.5, 0.6) is 0 Å². The van der Waals surface area contributed by atoms with Crippen molar-refractivity contribution in [1.29, 1.82) is 0 Å². The van der Waals surface area contributed by atoms with Crippen LogP contribution in [0.15, 0.2) is 53.5 Å². The monoisotopic (exact) mass is 601 g/mol. The second kappa shape index (κ2) is 12.9. The number of benzene rings is 2. The van der Waals surface area contributed by atoms with E-state index in [9.17, 15) is 14.4 Å². The fourth-order valence-corrected chi connectivity index (χ4v) is 5.77. The summed E-state index contributed by atoms with van der Waals surface area (Å²) >= 11 is 14.0. The molecule has 0 saturated heterocycles. The number of rotatable bonds is 11. The Kier molecular flexibility index (Phi) is 9.60. The Bertz CT molecular complexity index is 1410. The summed E-state index contributed by atoms with van der Waals surface area (Å²) in [5.41, 5.74) is 0.583. The lowest BCUT2D eigenvalue weighted by Gasteiger charge is -2.23. The van der Waals surface area contributed by atoms with Crippen molar-refractivity contribution in [2.75, 3.05) is 5.75 Å². The van der Waals surface area contributed by atoms with E-state index in [-0.39, 0.29) is 24.7 Å². The SMILES string of the molecule is CCC(NC(=O)[C@H](C)NC(=O)[C@@]1(C)CSC(c2ccccc2)=N1)C(=O)Cn1nnnc1Cc1c(Cl)cccc1Cl. The number of nitrogens with one attached hydrogen (secondary N) is 2. The molecule has 1 unspecified atom stereocenters. The third kappa shape index (κ3) is 6.89. The number of tetrazole rings is 1. The molecule has 3 atom stereocenters. The number of hydrogen-bond acceptors (Lipinski definition) is 8. The molecule has 3 aromatic rings. The third-order valence-electron chi connectivity index (χ3n) is 6.51. The van der Waals surface area contributed by atoms with Gasteiger partial charge in [-0.2, -0.15) is 0 Å². The fourth-order valence-electron chi connectivity index (χ4n) is 4.06. The number of thioether (sulfide) groups is 1. The lowest BCUT2D eigenvalue weighted by molar-refractivity contribution is -0.132. The lowest BCUT2D eigenvalue weighted by Crippen LogP contribution is -2.54. The summed E-state index contributed by atoms with van der Waals surface area (Å²) in [5, 5.41) is 18.8. The number of carbonyl (C=O) groups is 3. The first-order valence-electron chi connectivity index (χ1n) is 12.7. The van der Waals surface area contributed by atoms with Gasteiger partial charge in [-0.25, -0.2) is 4.68 Å². The van der Waals surface area contributed by atoms with Gasteiger partial charge >= 0.3 is 0 Å². The highest BCUT2D eigenvalue weighted by atomic mass is 35.5. The van der Waals surface area contributed by atoms with Gasteiger partial charge in [-0.05, 0) is 48.4 Å². The highest BCUT2D eigenvalue weighted by Gasteiger charge is 2.39. The van der Waals surface area contributed by atoms with E-state index in [0.717, 1.165) is 10.6 Å². The molecular weight excluding hydrogens is 573 g/mol. The predicted octanol–water partition coefficient (Wildman–Crippen LogP) is 3.49. The van der Waals surface area contributed by atoms with Crippen LogP contribution in [0.25, 0.3) is 0 Å². The number of aliphatic imine (C=N–C) groups is 1. The molecule has 0 saturated carbocycles. The van der Waals surface area contributed by atoms with E-state index in [2.05, 4.69) is 31.2 Å². The number of aromatic nitrogens is 4. The van der Waals surface area contributed by atoms with Crippen molar-refractivity contribution in [2.24, 2.45) is 4.99 Å². The lowest BCUT2D eigenvalue weighted by atomic mass is 10.0. The number of ketones is 1. The normalized spacial score (nSPS) is 18.1. The fraction of sp³-hybridized carbons (Fsp3) is 0.370. The molecule has 0 aliphatic carbocycles. The van der Waals surface area contributed by atoms with Gasteiger partial charge in [0.1, 0.15) is 18.1 Å². The van der Waals surface area contributed by atoms with Crippen LogP contribution in [0, 0.1) is 0 Å². The molecule has 1 aromatic heterocycles. The second-order valence-electron chi connectivity index (χ2n) is 9.61. The molecule has 13 heteroatoms. The maximum Gasteiger partial charge on any atom is 0.249 e. The Morgan fingerprint density at radius 2 is 1.77 bits per heavy atom. The maximum atomic E-state index is 13.1. The minimum atomic E-state index is -1.01. The topological polar surface area (TPSA) is 131 Å². The number of nitrogens with zero attached hydrogens (tertiary/aromatic N) is 5. The minimum Gasteiger partial charge on any atom is -0.344 e. The van der Waals surface area contributed by atoms with Crippen LogP contribution in [0.4, 0.5) is 0 Å². The van der Waals surface area contributed by atoms with Gasteiger partial charge in [-0.1, -0.05) is 66.5 Å². The summed E-state index contributed by atoms with van der Waals surface area (Å²) in [7, 11) is 0. The number of hydrogen-bond donors (Lipinski definition) is 2. The first-order chi connectivity index (χ1) is 19.1. The van der Waals surface area contributed by atoms with E-state index in [4.69, 9.17) is 23.2 Å². The summed E-state index contributed by atoms with van der Waals surface area (Å²) in [6.45, 7) is 4.95. The van der Waals surface area contributed by atoms with Gasteiger partial charge in [0.25, 0.3) is 0 Å². The van der Waals surface area contributed by atoms with Gasteiger partial charge < -0.3 is 10.6 Å². The third-order valence-corrected chi connectivity index (χ3v) is 8.53. The standard InChI is InChI=1S/C27H29Cl2N7O3S/c1-4-21(22(37)14-36-23(33-34-35-36)13-18-19(28)11-8-12-20(18)29)31-24(38)16(2)30-26(39)27(3)15-40-25(32-27)17-9-6-5-7-10-17/h5-12,16,21H,4,13-15H2,1-3H3,(H,30,39)(H,31,38)/t16-,21?,27+/m0/s1. The molecule has 2 heterocycles. The number of carbonyl (C=O) groups excluding carboxylic acids is 3. The molecular formula is C27H29Cl2N7O3S. The van der Waals surface area contributed by atoms with Crippen molar-refractivity contribution in [3.05, 3.63) is 75.5 Å². The van der Waals surface area contributed by atoms with E-state index in [0.29, 0.717) is 33.6 Å². The minimum absolute atomic E-state index is 0.157. The Labute approximate surface area is 246 Å². The van der Waals surface area contributed by atoms with E-state index in [1.165, 1.54) is 16.4 Å². The molecule has 10 nitrogen and oxygen atoms in total. The summed E-state index contributed by atoms with van der Waals surface area (Å²) in [6, 6.07) is 13.1. The molecule has 2 amide bonds. The van der Waals surface area contributed by atoms with Crippen molar-refractivity contribution in [3.63, 3.8) is 0 Å². The highest BCUT2D eigenvalue weighted by molar-refractivity contribution is 8.14. The molecule has 0 fully saturated rings. The van der Waals surface area contributed by atoms with Gasteiger partial charge in [0, 0.05) is 27.8 Å².